The molecule has 0 unspecified atom stereocenters. The van der Waals surface area contributed by atoms with Crippen LogP contribution in [0.4, 0.5) is 18.9 Å². The molecule has 6 aromatic rings. The van der Waals surface area contributed by atoms with Crippen LogP contribution >= 0.6 is 0 Å². The molecular weight excluding hydrogens is 782 g/mol. The second kappa shape index (κ2) is 16.5. The second-order valence-electron chi connectivity index (χ2n) is 15.3. The van der Waals surface area contributed by atoms with Gasteiger partial charge in [0.25, 0.3) is 0 Å². The van der Waals surface area contributed by atoms with Gasteiger partial charge < -0.3 is 32.5 Å². The van der Waals surface area contributed by atoms with Gasteiger partial charge in [0.2, 0.25) is 6.54 Å². The van der Waals surface area contributed by atoms with Gasteiger partial charge in [0, 0.05) is 59.9 Å². The zero-order chi connectivity index (χ0) is 43.1. The molecule has 59 heavy (non-hydrogen) atoms. The number of aromatic nitrogens is 4. The Kier molecular flexibility index (Phi) is 12.0. The van der Waals surface area contributed by atoms with Crippen LogP contribution in [-0.2, 0) is 10.1 Å². The Labute approximate surface area is 343 Å². The minimum atomic E-state index is -5.81. The third-order valence-corrected chi connectivity index (χ3v) is 11.7. The predicted octanol–water partition coefficient (Wildman–Crippen LogP) is 9.90. The summed E-state index contributed by atoms with van der Waals surface area (Å²) < 4.78 is 80.7. The van der Waals surface area contributed by atoms with Crippen molar-refractivity contribution in [2.24, 2.45) is 5.92 Å². The van der Waals surface area contributed by atoms with Crippen LogP contribution < -0.4 is 18.6 Å². The van der Waals surface area contributed by atoms with Crippen LogP contribution in [0.15, 0.2) is 48.8 Å². The summed E-state index contributed by atoms with van der Waals surface area (Å²) in [7, 11) is -2.55. The summed E-state index contributed by atoms with van der Waals surface area (Å²) in [5.41, 5.74) is 6.17. The number of fused-ring (bicyclic) bond motifs is 2. The van der Waals surface area contributed by atoms with Crippen molar-refractivity contribution < 1.29 is 35.2 Å². The van der Waals surface area contributed by atoms with E-state index in [9.17, 15) is 21.6 Å². The third-order valence-electron chi connectivity index (χ3n) is 10.8. The maximum atomic E-state index is 12.8. The number of hydrogen-bond acceptors (Lipinski definition) is 8. The molecule has 0 atom stereocenters. The molecule has 7 rings (SSSR count). The molecule has 11 nitrogen and oxygen atoms in total. The number of alkyl halides is 3. The Bertz CT molecular complexity index is 2680. The number of piperidine rings is 1. The van der Waals surface area contributed by atoms with Gasteiger partial charge in [-0.25, -0.2) is 16.5 Å². The summed E-state index contributed by atoms with van der Waals surface area (Å²) in [4.78, 5) is 15.5. The number of aryl methyl sites for hydroxylation is 8. The number of nitrogens with zero attached hydrogens (tertiary/aromatic N) is 6. The van der Waals surface area contributed by atoms with E-state index in [1.165, 1.54) is 39.5 Å². The number of benzene rings is 2. The van der Waals surface area contributed by atoms with Gasteiger partial charge in [-0.2, -0.15) is 21.6 Å². The van der Waals surface area contributed by atoms with Crippen LogP contribution in [0.25, 0.3) is 38.3 Å². The van der Waals surface area contributed by atoms with Crippen molar-refractivity contribution in [3.63, 3.8) is 0 Å². The van der Waals surface area contributed by atoms with Gasteiger partial charge >= 0.3 is 15.6 Å². The third kappa shape index (κ3) is 8.41. The summed E-state index contributed by atoms with van der Waals surface area (Å²) in [6.07, 6.45) is 6.07. The van der Waals surface area contributed by atoms with E-state index in [-0.39, 0.29) is 5.39 Å². The van der Waals surface area contributed by atoms with Gasteiger partial charge in [0.15, 0.2) is 5.75 Å². The lowest BCUT2D eigenvalue weighted by Crippen LogP contribution is -2.34. The van der Waals surface area contributed by atoms with Gasteiger partial charge in [-0.05, 0) is 132 Å². The van der Waals surface area contributed by atoms with Gasteiger partial charge in [-0.3, -0.25) is 0 Å². The van der Waals surface area contributed by atoms with Crippen LogP contribution in [0.3, 0.4) is 0 Å². The molecule has 4 aromatic heterocycles. The van der Waals surface area contributed by atoms with Crippen molar-refractivity contribution >= 4 is 37.9 Å². The fraction of sp³-hybridized carbons (Fsp3) is 0.386. The summed E-state index contributed by atoms with van der Waals surface area (Å²) in [6, 6.07) is 11.2. The van der Waals surface area contributed by atoms with E-state index >= 15 is 0 Å². The quantitative estimate of drug-likeness (QED) is 0.0849. The number of anilines is 1. The summed E-state index contributed by atoms with van der Waals surface area (Å²) >= 11 is 0. The monoisotopic (exact) mass is 830 g/mol. The molecule has 0 radical (unpaired) electrons. The smallest absolute Gasteiger partial charge is 0.497 e. The number of hydrogen-bond donors (Lipinski definition) is 0. The number of pyridine rings is 2. The lowest BCUT2D eigenvalue weighted by atomic mass is 9.96. The number of rotatable bonds is 8. The molecule has 1 aliphatic rings. The van der Waals surface area contributed by atoms with Crippen LogP contribution in [0.5, 0.6) is 17.2 Å². The molecule has 0 aliphatic carbocycles. The van der Waals surface area contributed by atoms with E-state index in [1.54, 1.807) is 38.8 Å². The van der Waals surface area contributed by atoms with Crippen LogP contribution in [0, 0.1) is 67.9 Å². The number of methoxy groups -OCH3 is 2. The molecule has 1 saturated heterocycles. The first-order chi connectivity index (χ1) is 27.8. The first-order valence-electron chi connectivity index (χ1n) is 19.2. The molecule has 0 bridgehead atoms. The van der Waals surface area contributed by atoms with Gasteiger partial charge in [-0.15, -0.1) is 0 Å². The molecular formula is C44H49F3N6O5S. The lowest BCUT2D eigenvalue weighted by Gasteiger charge is -2.32. The fourth-order valence-electron chi connectivity index (χ4n) is 8.14. The highest BCUT2D eigenvalue weighted by Gasteiger charge is 2.49. The maximum Gasteiger partial charge on any atom is 0.534 e. The number of ether oxygens (including phenoxy) is 2. The Hall–Kier alpha value is -5.75. The topological polar surface area (TPSA) is 105 Å². The summed E-state index contributed by atoms with van der Waals surface area (Å²) in [5.74, 6) is 1.67. The number of halogens is 3. The van der Waals surface area contributed by atoms with Crippen molar-refractivity contribution in [2.45, 2.75) is 73.7 Å². The Morgan fingerprint density at radius 2 is 1.15 bits per heavy atom. The Morgan fingerprint density at radius 3 is 1.59 bits per heavy atom. The first-order valence-corrected chi connectivity index (χ1v) is 20.6. The van der Waals surface area contributed by atoms with Crippen molar-refractivity contribution in [1.29, 1.82) is 0 Å². The molecule has 2 aromatic carbocycles. The SMILES string of the molecule is COc1cc(C)c(-n2cc(C)c3c(OS(=O)(=O)C(F)(F)F)cc(C)nc32)c(C)c1.[C-]#[N+]CC1CCN(c2cc(C)nc3c2c(C)cn3-c2c(C)cc(OC)cc2C)CC1. The van der Waals surface area contributed by atoms with E-state index in [4.69, 9.17) is 21.0 Å². The highest BCUT2D eigenvalue weighted by Crippen LogP contribution is 2.39. The minimum absolute atomic E-state index is 0.193. The van der Waals surface area contributed by atoms with Gasteiger partial charge in [0.1, 0.15) is 22.8 Å². The largest absolute Gasteiger partial charge is 0.534 e. The molecule has 0 N–H and O–H groups in total. The Balaban J connectivity index is 0.000000199. The average Bonchev–Trinajstić information content (AvgIpc) is 3.65. The predicted molar refractivity (Wildman–Crippen MR) is 225 cm³/mol. The molecule has 0 spiro atoms. The normalized spacial score (nSPS) is 13.7. The minimum Gasteiger partial charge on any atom is -0.497 e. The zero-order valence-electron chi connectivity index (χ0n) is 35.0. The highest BCUT2D eigenvalue weighted by atomic mass is 32.2. The second-order valence-corrected chi connectivity index (χ2v) is 16.8. The maximum absolute atomic E-state index is 12.8. The van der Waals surface area contributed by atoms with Crippen LogP contribution in [-0.4, -0.2) is 66.9 Å². The van der Waals surface area contributed by atoms with Gasteiger partial charge in [0.05, 0.1) is 31.0 Å². The zero-order valence-corrected chi connectivity index (χ0v) is 35.8. The Morgan fingerprint density at radius 1 is 0.712 bits per heavy atom. The summed E-state index contributed by atoms with van der Waals surface area (Å²) in [6.45, 7) is 25.3. The van der Waals surface area contributed by atoms with E-state index in [0.717, 1.165) is 59.8 Å². The van der Waals surface area contributed by atoms with E-state index in [2.05, 4.69) is 75.6 Å². The standard InChI is InChI=1S/C25H30N4O.C19H19F3N2O4S/c1-16-11-21(30-6)12-17(2)24(16)29-15-18(3)23-22(13-19(4)27-25(23)29)28-9-7-20(8-10-28)14-26-5;1-10-6-14(27-5)7-11(2)17(10)24-9-12(3)16-15(8-13(4)23-18(16)24)28-29(25,26)19(20,21)22/h11-13,15,20H,7-10,14H2,1-4,6H3;6-9H,1-5H3. The van der Waals surface area contributed by atoms with E-state index in [1.807, 2.05) is 26.0 Å². The van der Waals surface area contributed by atoms with E-state index in [0.29, 0.717) is 35.1 Å². The molecule has 5 heterocycles. The van der Waals surface area contributed by atoms with Crippen LogP contribution in [0.2, 0.25) is 0 Å². The van der Waals surface area contributed by atoms with Crippen molar-refractivity contribution in [3.05, 3.63) is 105 Å². The fourth-order valence-corrected chi connectivity index (χ4v) is 8.60. The molecule has 312 valence electrons. The summed E-state index contributed by atoms with van der Waals surface area (Å²) in [5, 5.41) is 1.43. The van der Waals surface area contributed by atoms with Crippen molar-refractivity contribution in [3.8, 4) is 28.6 Å². The lowest BCUT2D eigenvalue weighted by molar-refractivity contribution is -0.0499. The van der Waals surface area contributed by atoms with Crippen LogP contribution in [0.1, 0.15) is 57.6 Å². The van der Waals surface area contributed by atoms with E-state index < -0.39 is 21.4 Å². The van der Waals surface area contributed by atoms with Crippen molar-refractivity contribution in [1.82, 2.24) is 19.1 Å². The van der Waals surface area contributed by atoms with Crippen molar-refractivity contribution in [2.75, 3.05) is 38.8 Å². The first kappa shape index (κ1) is 42.8. The molecule has 0 saturated carbocycles. The molecule has 1 aliphatic heterocycles. The average molecular weight is 831 g/mol. The van der Waals surface area contributed by atoms with Gasteiger partial charge in [-0.1, -0.05) is 0 Å². The molecule has 15 heteroatoms. The highest BCUT2D eigenvalue weighted by molar-refractivity contribution is 7.88. The molecule has 0 amide bonds. The molecule has 1 fully saturated rings.